The molecule has 0 saturated heterocycles. The van der Waals surface area contributed by atoms with Gasteiger partial charge in [0.05, 0.1) is 7.11 Å². The van der Waals surface area contributed by atoms with Gasteiger partial charge < -0.3 is 10.1 Å². The van der Waals surface area contributed by atoms with Crippen molar-refractivity contribution in [2.45, 2.75) is 39.2 Å². The summed E-state index contributed by atoms with van der Waals surface area (Å²) in [6, 6.07) is 7.97. The van der Waals surface area contributed by atoms with E-state index in [0.29, 0.717) is 11.5 Å². The van der Waals surface area contributed by atoms with Gasteiger partial charge in [-0.25, -0.2) is 0 Å². The van der Waals surface area contributed by atoms with Crippen LogP contribution in [0.3, 0.4) is 0 Å². The molecule has 1 aromatic rings. The van der Waals surface area contributed by atoms with Crippen LogP contribution in [0.25, 0.3) is 6.08 Å². The first-order valence-electron chi connectivity index (χ1n) is 7.11. The zero-order valence-corrected chi connectivity index (χ0v) is 12.5. The molecule has 0 aliphatic heterocycles. The zero-order chi connectivity index (χ0) is 14.6. The lowest BCUT2D eigenvalue weighted by Crippen LogP contribution is -2.32. The number of benzene rings is 1. The van der Waals surface area contributed by atoms with Crippen molar-refractivity contribution in [1.29, 1.82) is 0 Å². The van der Waals surface area contributed by atoms with Gasteiger partial charge in [0.1, 0.15) is 5.75 Å². The van der Waals surface area contributed by atoms with E-state index in [4.69, 9.17) is 4.74 Å². The first kappa shape index (κ1) is 14.6. The number of rotatable bonds is 4. The van der Waals surface area contributed by atoms with E-state index in [1.165, 1.54) is 6.42 Å². The SMILES string of the molecule is COc1cccc(/C=C/C(=O)NC2CCC(C)(C)C2)c1. The molecule has 108 valence electrons. The Hall–Kier alpha value is -1.77. The first-order chi connectivity index (χ1) is 9.48. The lowest BCUT2D eigenvalue weighted by molar-refractivity contribution is -0.117. The van der Waals surface area contributed by atoms with Crippen LogP contribution in [0, 0.1) is 5.41 Å². The second kappa shape index (κ2) is 6.12. The molecule has 3 heteroatoms. The molecule has 1 N–H and O–H groups in total. The van der Waals surface area contributed by atoms with E-state index in [0.717, 1.165) is 24.2 Å². The quantitative estimate of drug-likeness (QED) is 0.854. The van der Waals surface area contributed by atoms with Gasteiger partial charge in [-0.05, 0) is 48.4 Å². The fourth-order valence-corrected chi connectivity index (χ4v) is 2.73. The molecule has 0 aromatic heterocycles. The molecular formula is C17H23NO2. The molecule has 1 unspecified atom stereocenters. The van der Waals surface area contributed by atoms with Crippen LogP contribution in [-0.2, 0) is 4.79 Å². The maximum atomic E-state index is 11.9. The molecule has 1 aromatic carbocycles. The molecule has 2 rings (SSSR count). The van der Waals surface area contributed by atoms with Crippen molar-refractivity contribution >= 4 is 12.0 Å². The Labute approximate surface area is 121 Å². The highest BCUT2D eigenvalue weighted by Gasteiger charge is 2.31. The zero-order valence-electron chi connectivity index (χ0n) is 12.5. The van der Waals surface area contributed by atoms with Gasteiger partial charge in [-0.1, -0.05) is 26.0 Å². The average Bonchev–Trinajstić information content (AvgIpc) is 2.76. The number of hydrogen-bond acceptors (Lipinski definition) is 2. The van der Waals surface area contributed by atoms with Crippen molar-refractivity contribution in [2.75, 3.05) is 7.11 Å². The number of methoxy groups -OCH3 is 1. The summed E-state index contributed by atoms with van der Waals surface area (Å²) in [5, 5.41) is 3.08. The molecule has 1 aliphatic rings. The number of amides is 1. The van der Waals surface area contributed by atoms with Gasteiger partial charge in [0.2, 0.25) is 5.91 Å². The number of hydrogen-bond donors (Lipinski definition) is 1. The molecule has 0 radical (unpaired) electrons. The van der Waals surface area contributed by atoms with Crippen molar-refractivity contribution < 1.29 is 9.53 Å². The maximum absolute atomic E-state index is 11.9. The van der Waals surface area contributed by atoms with Crippen LogP contribution < -0.4 is 10.1 Å². The van der Waals surface area contributed by atoms with Crippen molar-refractivity contribution in [3.8, 4) is 5.75 Å². The summed E-state index contributed by atoms with van der Waals surface area (Å²) in [6.07, 6.45) is 6.73. The Morgan fingerprint density at radius 2 is 2.25 bits per heavy atom. The lowest BCUT2D eigenvalue weighted by Gasteiger charge is -2.17. The molecule has 1 saturated carbocycles. The van der Waals surface area contributed by atoms with Crippen molar-refractivity contribution in [3.63, 3.8) is 0 Å². The van der Waals surface area contributed by atoms with E-state index in [-0.39, 0.29) is 5.91 Å². The molecule has 1 aliphatic carbocycles. The standard InChI is InChI=1S/C17H23NO2/c1-17(2)10-9-14(12-17)18-16(19)8-7-13-5-4-6-15(11-13)20-3/h4-8,11,14H,9-10,12H2,1-3H3,(H,18,19)/b8-7+. The summed E-state index contributed by atoms with van der Waals surface area (Å²) >= 11 is 0. The largest absolute Gasteiger partial charge is 0.497 e. The Bertz CT molecular complexity index is 505. The number of nitrogens with one attached hydrogen (secondary N) is 1. The van der Waals surface area contributed by atoms with Gasteiger partial charge in [-0.15, -0.1) is 0 Å². The molecule has 1 amide bonds. The van der Waals surface area contributed by atoms with Crippen LogP contribution in [0.1, 0.15) is 38.7 Å². The smallest absolute Gasteiger partial charge is 0.244 e. The van der Waals surface area contributed by atoms with Gasteiger partial charge >= 0.3 is 0 Å². The monoisotopic (exact) mass is 273 g/mol. The molecule has 3 nitrogen and oxygen atoms in total. The Kier molecular flexibility index (Phi) is 4.48. The molecule has 0 bridgehead atoms. The number of carbonyl (C=O) groups excluding carboxylic acids is 1. The Morgan fingerprint density at radius 3 is 2.90 bits per heavy atom. The summed E-state index contributed by atoms with van der Waals surface area (Å²) in [6.45, 7) is 4.51. The van der Waals surface area contributed by atoms with Crippen LogP contribution in [0.2, 0.25) is 0 Å². The van der Waals surface area contributed by atoms with Gasteiger partial charge in [0.25, 0.3) is 0 Å². The van der Waals surface area contributed by atoms with Crippen LogP contribution in [0.5, 0.6) is 5.75 Å². The Balaban J connectivity index is 1.89. The van der Waals surface area contributed by atoms with Gasteiger partial charge in [0.15, 0.2) is 0 Å². The number of carbonyl (C=O) groups is 1. The van der Waals surface area contributed by atoms with E-state index in [9.17, 15) is 4.79 Å². The van der Waals surface area contributed by atoms with E-state index < -0.39 is 0 Å². The molecule has 20 heavy (non-hydrogen) atoms. The first-order valence-corrected chi connectivity index (χ1v) is 7.11. The van der Waals surface area contributed by atoms with Crippen molar-refractivity contribution in [1.82, 2.24) is 5.32 Å². The van der Waals surface area contributed by atoms with Crippen LogP contribution in [-0.4, -0.2) is 19.1 Å². The molecule has 1 fully saturated rings. The van der Waals surface area contributed by atoms with E-state index in [1.54, 1.807) is 13.2 Å². The third-order valence-corrected chi connectivity index (χ3v) is 3.84. The molecule has 0 spiro atoms. The molecule has 0 heterocycles. The van der Waals surface area contributed by atoms with E-state index >= 15 is 0 Å². The fraction of sp³-hybridized carbons (Fsp3) is 0.471. The second-order valence-electron chi connectivity index (χ2n) is 6.22. The minimum Gasteiger partial charge on any atom is -0.497 e. The maximum Gasteiger partial charge on any atom is 0.244 e. The molecule has 1 atom stereocenters. The third kappa shape index (κ3) is 4.12. The normalized spacial score (nSPS) is 21.1. The topological polar surface area (TPSA) is 38.3 Å². The predicted molar refractivity (Wildman–Crippen MR) is 81.6 cm³/mol. The van der Waals surface area contributed by atoms with Crippen LogP contribution >= 0.6 is 0 Å². The van der Waals surface area contributed by atoms with Gasteiger partial charge in [0, 0.05) is 12.1 Å². The number of ether oxygens (including phenoxy) is 1. The fourth-order valence-electron chi connectivity index (χ4n) is 2.73. The van der Waals surface area contributed by atoms with Crippen LogP contribution in [0.15, 0.2) is 30.3 Å². The summed E-state index contributed by atoms with van der Waals surface area (Å²) < 4.78 is 5.16. The highest BCUT2D eigenvalue weighted by molar-refractivity contribution is 5.91. The predicted octanol–water partition coefficient (Wildman–Crippen LogP) is 3.40. The van der Waals surface area contributed by atoms with Crippen LogP contribution in [0.4, 0.5) is 0 Å². The minimum atomic E-state index is -0.0180. The molecular weight excluding hydrogens is 250 g/mol. The summed E-state index contributed by atoms with van der Waals surface area (Å²) in [5.74, 6) is 0.778. The lowest BCUT2D eigenvalue weighted by atomic mass is 9.92. The van der Waals surface area contributed by atoms with Crippen molar-refractivity contribution in [3.05, 3.63) is 35.9 Å². The Morgan fingerprint density at radius 1 is 1.45 bits per heavy atom. The van der Waals surface area contributed by atoms with Gasteiger partial charge in [-0.3, -0.25) is 4.79 Å². The highest BCUT2D eigenvalue weighted by Crippen LogP contribution is 2.36. The minimum absolute atomic E-state index is 0.0180. The third-order valence-electron chi connectivity index (χ3n) is 3.84. The summed E-state index contributed by atoms with van der Waals surface area (Å²) in [4.78, 5) is 11.9. The highest BCUT2D eigenvalue weighted by atomic mass is 16.5. The summed E-state index contributed by atoms with van der Waals surface area (Å²) in [7, 11) is 1.64. The van der Waals surface area contributed by atoms with Crippen molar-refractivity contribution in [2.24, 2.45) is 5.41 Å². The van der Waals surface area contributed by atoms with E-state index in [1.807, 2.05) is 30.3 Å². The average molecular weight is 273 g/mol. The van der Waals surface area contributed by atoms with Gasteiger partial charge in [-0.2, -0.15) is 0 Å². The summed E-state index contributed by atoms with van der Waals surface area (Å²) in [5.41, 5.74) is 1.32. The van der Waals surface area contributed by atoms with E-state index in [2.05, 4.69) is 19.2 Å². The second-order valence-corrected chi connectivity index (χ2v) is 6.22.